The summed E-state index contributed by atoms with van der Waals surface area (Å²) in [7, 11) is 1.46. The number of rotatable bonds is 4. The second-order valence-corrected chi connectivity index (χ2v) is 5.48. The number of ether oxygens (including phenoxy) is 1. The van der Waals surface area contributed by atoms with Crippen LogP contribution in [0.25, 0.3) is 6.08 Å². The molecular formula is C15H14BrN3O3. The fourth-order valence-corrected chi connectivity index (χ4v) is 2.48. The molecule has 1 aliphatic rings. The number of benzene rings is 1. The lowest BCUT2D eigenvalue weighted by Crippen LogP contribution is -2.22. The van der Waals surface area contributed by atoms with Gasteiger partial charge in [0.25, 0.3) is 5.91 Å². The molecule has 6 nitrogen and oxygen atoms in total. The van der Waals surface area contributed by atoms with Crippen molar-refractivity contribution in [2.45, 2.75) is 13.3 Å². The van der Waals surface area contributed by atoms with Gasteiger partial charge in [-0.3, -0.25) is 4.79 Å². The number of phenolic OH excluding ortho intramolecular Hbond substituents is 1. The van der Waals surface area contributed by atoms with Gasteiger partial charge < -0.3 is 9.84 Å². The van der Waals surface area contributed by atoms with E-state index in [9.17, 15) is 9.90 Å². The van der Waals surface area contributed by atoms with Gasteiger partial charge in [0.2, 0.25) is 0 Å². The fourth-order valence-electron chi connectivity index (χ4n) is 2.04. The predicted molar refractivity (Wildman–Crippen MR) is 85.4 cm³/mol. The third-order valence-corrected chi connectivity index (χ3v) is 3.85. The van der Waals surface area contributed by atoms with Crippen molar-refractivity contribution in [2.75, 3.05) is 13.7 Å². The number of halogens is 1. The van der Waals surface area contributed by atoms with Gasteiger partial charge in [-0.2, -0.15) is 10.4 Å². The van der Waals surface area contributed by atoms with Crippen LogP contribution >= 0.6 is 15.9 Å². The molecule has 0 aliphatic carbocycles. The minimum absolute atomic E-state index is 0.00955. The summed E-state index contributed by atoms with van der Waals surface area (Å²) in [5.41, 5.74) is 1.72. The van der Waals surface area contributed by atoms with Gasteiger partial charge in [0.05, 0.1) is 37.4 Å². The van der Waals surface area contributed by atoms with Crippen molar-refractivity contribution in [3.63, 3.8) is 0 Å². The van der Waals surface area contributed by atoms with Crippen LogP contribution in [0, 0.1) is 11.3 Å². The van der Waals surface area contributed by atoms with Crippen LogP contribution in [0.2, 0.25) is 0 Å². The molecule has 1 aromatic carbocycles. The molecule has 0 atom stereocenters. The smallest absolute Gasteiger partial charge is 0.275 e. The average Bonchev–Trinajstić information content (AvgIpc) is 2.75. The third-order valence-electron chi connectivity index (χ3n) is 3.16. The number of aromatic hydroxyl groups is 1. The normalized spacial score (nSPS) is 15.9. The first-order chi connectivity index (χ1) is 10.5. The highest BCUT2D eigenvalue weighted by atomic mass is 79.9. The summed E-state index contributed by atoms with van der Waals surface area (Å²) in [6.07, 6.45) is 1.91. The lowest BCUT2D eigenvalue weighted by Gasteiger charge is -2.09. The van der Waals surface area contributed by atoms with E-state index < -0.39 is 0 Å². The molecule has 1 heterocycles. The van der Waals surface area contributed by atoms with E-state index >= 15 is 0 Å². The van der Waals surface area contributed by atoms with Crippen LogP contribution in [0.3, 0.4) is 0 Å². The van der Waals surface area contributed by atoms with Gasteiger partial charge in [-0.05, 0) is 30.7 Å². The lowest BCUT2D eigenvalue weighted by atomic mass is 10.1. The monoisotopic (exact) mass is 363 g/mol. The maximum Gasteiger partial charge on any atom is 0.275 e. The molecule has 0 spiro atoms. The molecule has 1 aliphatic heterocycles. The van der Waals surface area contributed by atoms with E-state index in [0.29, 0.717) is 27.1 Å². The Morgan fingerprint density at radius 3 is 2.91 bits per heavy atom. The van der Waals surface area contributed by atoms with Crippen molar-refractivity contribution in [3.05, 3.63) is 27.7 Å². The van der Waals surface area contributed by atoms with E-state index in [0.717, 1.165) is 0 Å². The van der Waals surface area contributed by atoms with E-state index in [4.69, 9.17) is 10.00 Å². The molecule has 0 unspecified atom stereocenters. The van der Waals surface area contributed by atoms with Gasteiger partial charge in [0.1, 0.15) is 0 Å². The highest BCUT2D eigenvalue weighted by molar-refractivity contribution is 9.10. The summed E-state index contributed by atoms with van der Waals surface area (Å²) in [6, 6.07) is 5.12. The summed E-state index contributed by atoms with van der Waals surface area (Å²) in [6.45, 7) is 2.01. The number of carbonyl (C=O) groups excluding carboxylic acids is 1. The van der Waals surface area contributed by atoms with Crippen LogP contribution in [-0.4, -0.2) is 35.4 Å². The number of nitriles is 1. The highest BCUT2D eigenvalue weighted by Crippen LogP contribution is 2.34. The Morgan fingerprint density at radius 2 is 2.27 bits per heavy atom. The van der Waals surface area contributed by atoms with Crippen molar-refractivity contribution in [2.24, 2.45) is 5.10 Å². The summed E-state index contributed by atoms with van der Waals surface area (Å²) in [5, 5.41) is 23.8. The lowest BCUT2D eigenvalue weighted by molar-refractivity contribution is -0.125. The Hall–Kier alpha value is -2.33. The minimum atomic E-state index is -0.244. The van der Waals surface area contributed by atoms with Gasteiger partial charge in [-0.15, -0.1) is 0 Å². The van der Waals surface area contributed by atoms with Crippen LogP contribution < -0.4 is 4.74 Å². The first kappa shape index (κ1) is 16.0. The Balaban J connectivity index is 2.36. The summed E-state index contributed by atoms with van der Waals surface area (Å²) >= 11 is 3.35. The summed E-state index contributed by atoms with van der Waals surface area (Å²) in [4.78, 5) is 12.3. The van der Waals surface area contributed by atoms with Crippen molar-refractivity contribution in [3.8, 4) is 17.6 Å². The Kier molecular flexibility index (Phi) is 4.83. The van der Waals surface area contributed by atoms with Crippen molar-refractivity contribution >= 4 is 33.6 Å². The molecule has 1 aromatic rings. The molecule has 0 bridgehead atoms. The van der Waals surface area contributed by atoms with Gasteiger partial charge in [0.15, 0.2) is 11.5 Å². The maximum absolute atomic E-state index is 12.3. The van der Waals surface area contributed by atoms with Crippen LogP contribution in [0.5, 0.6) is 11.5 Å². The molecule has 114 valence electrons. The molecule has 0 radical (unpaired) electrons. The zero-order valence-corrected chi connectivity index (χ0v) is 13.7. The summed E-state index contributed by atoms with van der Waals surface area (Å²) < 4.78 is 5.70. The van der Waals surface area contributed by atoms with Crippen LogP contribution in [0.4, 0.5) is 0 Å². The van der Waals surface area contributed by atoms with Gasteiger partial charge in [0, 0.05) is 4.47 Å². The zero-order valence-electron chi connectivity index (χ0n) is 12.1. The number of nitrogens with zero attached hydrogens (tertiary/aromatic N) is 3. The molecule has 22 heavy (non-hydrogen) atoms. The molecule has 7 heteroatoms. The average molecular weight is 364 g/mol. The first-order valence-electron chi connectivity index (χ1n) is 6.50. The van der Waals surface area contributed by atoms with Crippen molar-refractivity contribution in [1.29, 1.82) is 5.26 Å². The van der Waals surface area contributed by atoms with E-state index in [1.807, 2.05) is 6.07 Å². The van der Waals surface area contributed by atoms with Crippen LogP contribution in [0.15, 0.2) is 27.3 Å². The highest BCUT2D eigenvalue weighted by Gasteiger charge is 2.27. The van der Waals surface area contributed by atoms with Crippen molar-refractivity contribution in [1.82, 2.24) is 5.01 Å². The molecule has 0 fully saturated rings. The molecular weight excluding hydrogens is 350 g/mol. The zero-order chi connectivity index (χ0) is 16.3. The molecule has 0 aromatic heterocycles. The van der Waals surface area contributed by atoms with Gasteiger partial charge in [-0.25, -0.2) is 5.01 Å². The number of hydrogen-bond acceptors (Lipinski definition) is 5. The number of amides is 1. The topological polar surface area (TPSA) is 85.9 Å². The molecule has 0 saturated carbocycles. The summed E-state index contributed by atoms with van der Waals surface area (Å²) in [5.74, 6) is 0.0819. The van der Waals surface area contributed by atoms with E-state index in [2.05, 4.69) is 21.0 Å². The standard InChI is InChI=1S/C15H14BrN3O3/c1-9-11(15(21)19(18-9)5-3-4-17)6-10-7-14(22-2)13(20)8-12(10)16/h6-8,20H,3,5H2,1-2H3. The maximum atomic E-state index is 12.3. The minimum Gasteiger partial charge on any atom is -0.504 e. The first-order valence-corrected chi connectivity index (χ1v) is 7.29. The molecule has 1 amide bonds. The van der Waals surface area contributed by atoms with Crippen LogP contribution in [-0.2, 0) is 4.79 Å². The Bertz CT molecular complexity index is 719. The number of carbonyl (C=O) groups is 1. The molecule has 2 rings (SSSR count). The fraction of sp³-hybridized carbons (Fsp3) is 0.267. The second kappa shape index (κ2) is 6.62. The Morgan fingerprint density at radius 1 is 1.55 bits per heavy atom. The SMILES string of the molecule is COc1cc(C=C2C(=O)N(CCC#N)N=C2C)c(Br)cc1O. The Labute approximate surface area is 136 Å². The number of phenols is 1. The van der Waals surface area contributed by atoms with Crippen LogP contribution in [0.1, 0.15) is 18.9 Å². The number of hydrogen-bond donors (Lipinski definition) is 1. The van der Waals surface area contributed by atoms with Gasteiger partial charge in [-0.1, -0.05) is 15.9 Å². The molecule has 1 N–H and O–H groups in total. The van der Waals surface area contributed by atoms with E-state index in [-0.39, 0.29) is 24.6 Å². The largest absolute Gasteiger partial charge is 0.504 e. The van der Waals surface area contributed by atoms with Crippen molar-refractivity contribution < 1.29 is 14.6 Å². The number of hydrazone groups is 1. The second-order valence-electron chi connectivity index (χ2n) is 4.63. The molecule has 0 saturated heterocycles. The number of methoxy groups -OCH3 is 1. The van der Waals surface area contributed by atoms with Gasteiger partial charge >= 0.3 is 0 Å². The van der Waals surface area contributed by atoms with E-state index in [1.165, 1.54) is 18.2 Å². The quantitative estimate of drug-likeness (QED) is 0.833. The van der Waals surface area contributed by atoms with E-state index in [1.54, 1.807) is 19.1 Å². The predicted octanol–water partition coefficient (Wildman–Crippen LogP) is 2.68. The third kappa shape index (κ3) is 3.12.